The number of hydrogen-bond donors (Lipinski definition) is 0. The number of ether oxygens (including phenoxy) is 1. The molecule has 178 valence electrons. The van der Waals surface area contributed by atoms with Crippen molar-refractivity contribution in [3.63, 3.8) is 0 Å². The summed E-state index contributed by atoms with van der Waals surface area (Å²) in [5.74, 6) is 0.550. The quantitative estimate of drug-likeness (QED) is 0.104. The molecule has 2 heteroatoms. The Bertz CT molecular complexity index is 497. The molecule has 0 radical (unpaired) electrons. The third-order valence-corrected chi connectivity index (χ3v) is 6.21. The van der Waals surface area contributed by atoms with Gasteiger partial charge in [0.1, 0.15) is 5.75 Å². The van der Waals surface area contributed by atoms with E-state index >= 15 is 0 Å². The smallest absolute Gasteiger partial charge is 0.311 e. The summed E-state index contributed by atoms with van der Waals surface area (Å²) in [4.78, 5) is 11.8. The highest BCUT2D eigenvalue weighted by Gasteiger charge is 2.04. The van der Waals surface area contributed by atoms with Crippen LogP contribution in [0.3, 0.4) is 0 Å². The van der Waals surface area contributed by atoms with Crippen molar-refractivity contribution in [1.29, 1.82) is 0 Å². The van der Waals surface area contributed by atoms with E-state index < -0.39 is 0 Å². The molecule has 0 aliphatic carbocycles. The lowest BCUT2D eigenvalue weighted by atomic mass is 10.0. The molecule has 0 saturated heterocycles. The van der Waals surface area contributed by atoms with Crippen molar-refractivity contribution in [3.8, 4) is 5.75 Å². The van der Waals surface area contributed by atoms with Crippen LogP contribution in [0, 0.1) is 0 Å². The van der Waals surface area contributed by atoms with Crippen molar-refractivity contribution < 1.29 is 9.53 Å². The van der Waals surface area contributed by atoms with Crippen molar-refractivity contribution >= 4 is 5.97 Å². The summed E-state index contributed by atoms with van der Waals surface area (Å²) in [5.41, 5.74) is 0. The monoisotopic (exact) mass is 430 g/mol. The van der Waals surface area contributed by atoms with Crippen LogP contribution in [0.4, 0.5) is 0 Å². The average Bonchev–Trinajstić information content (AvgIpc) is 2.78. The van der Waals surface area contributed by atoms with Crippen LogP contribution in [0.5, 0.6) is 5.75 Å². The number of rotatable bonds is 22. The first-order chi connectivity index (χ1) is 15.3. The number of benzene rings is 1. The van der Waals surface area contributed by atoms with Gasteiger partial charge in [-0.15, -0.1) is 0 Å². The maximum absolute atomic E-state index is 11.8. The Morgan fingerprint density at radius 2 is 0.903 bits per heavy atom. The predicted octanol–water partition coefficient (Wildman–Crippen LogP) is 9.80. The van der Waals surface area contributed by atoms with Crippen molar-refractivity contribution in [2.75, 3.05) is 0 Å². The largest absolute Gasteiger partial charge is 0.427 e. The zero-order valence-electron chi connectivity index (χ0n) is 20.6. The van der Waals surface area contributed by atoms with Gasteiger partial charge in [0.15, 0.2) is 0 Å². The molecule has 0 bridgehead atoms. The van der Waals surface area contributed by atoms with Gasteiger partial charge in [-0.1, -0.05) is 147 Å². The summed E-state index contributed by atoms with van der Waals surface area (Å²) >= 11 is 0. The van der Waals surface area contributed by atoms with E-state index in [4.69, 9.17) is 4.74 Å². The predicted molar refractivity (Wildman–Crippen MR) is 135 cm³/mol. The Morgan fingerprint density at radius 3 is 1.29 bits per heavy atom. The molecule has 1 aromatic rings. The highest BCUT2D eigenvalue weighted by Crippen LogP contribution is 2.15. The maximum Gasteiger partial charge on any atom is 0.311 e. The van der Waals surface area contributed by atoms with Crippen LogP contribution in [-0.2, 0) is 4.79 Å². The fourth-order valence-electron chi connectivity index (χ4n) is 4.20. The molecule has 0 atom stereocenters. The van der Waals surface area contributed by atoms with Gasteiger partial charge >= 0.3 is 5.97 Å². The molecular formula is C29H50O2. The molecule has 0 aromatic heterocycles. The van der Waals surface area contributed by atoms with Gasteiger partial charge in [-0.25, -0.2) is 0 Å². The molecule has 0 amide bonds. The molecule has 2 nitrogen and oxygen atoms in total. The Morgan fingerprint density at radius 1 is 0.548 bits per heavy atom. The highest BCUT2D eigenvalue weighted by molar-refractivity contribution is 5.72. The van der Waals surface area contributed by atoms with Crippen LogP contribution in [0.25, 0.3) is 0 Å². The normalized spacial score (nSPS) is 11.0. The fourth-order valence-corrected chi connectivity index (χ4v) is 4.20. The minimum atomic E-state index is -0.103. The van der Waals surface area contributed by atoms with Gasteiger partial charge in [-0.2, -0.15) is 0 Å². The molecule has 31 heavy (non-hydrogen) atoms. The second-order valence-electron chi connectivity index (χ2n) is 9.25. The summed E-state index contributed by atoms with van der Waals surface area (Å²) in [6, 6.07) is 9.36. The van der Waals surface area contributed by atoms with E-state index in [2.05, 4.69) is 6.92 Å². The van der Waals surface area contributed by atoms with Crippen LogP contribution in [0.1, 0.15) is 142 Å². The Kier molecular flexibility index (Phi) is 19.6. The van der Waals surface area contributed by atoms with Crippen LogP contribution in [-0.4, -0.2) is 5.97 Å². The fraction of sp³-hybridized carbons (Fsp3) is 0.759. The van der Waals surface area contributed by atoms with Crippen molar-refractivity contribution in [2.24, 2.45) is 0 Å². The van der Waals surface area contributed by atoms with Crippen LogP contribution < -0.4 is 4.74 Å². The zero-order valence-corrected chi connectivity index (χ0v) is 20.6. The van der Waals surface area contributed by atoms with Crippen molar-refractivity contribution in [1.82, 2.24) is 0 Å². The Hall–Kier alpha value is -1.31. The van der Waals surface area contributed by atoms with E-state index in [1.54, 1.807) is 0 Å². The number of hydrogen-bond acceptors (Lipinski definition) is 2. The molecule has 1 rings (SSSR count). The second kappa shape index (κ2) is 21.9. The summed E-state index contributed by atoms with van der Waals surface area (Å²) in [7, 11) is 0. The lowest BCUT2D eigenvalue weighted by Crippen LogP contribution is -2.07. The molecule has 0 N–H and O–H groups in total. The van der Waals surface area contributed by atoms with Gasteiger partial charge in [-0.05, 0) is 18.6 Å². The van der Waals surface area contributed by atoms with E-state index in [9.17, 15) is 4.79 Å². The standard InChI is InChI=1S/C29H50O2/c1-2-3-4-5-6-7-8-9-10-11-12-13-14-15-16-17-18-19-20-24-27-29(30)31-28-25-22-21-23-26-28/h21-23,25-26H,2-20,24,27H2,1H3. The van der Waals surface area contributed by atoms with Crippen molar-refractivity contribution in [2.45, 2.75) is 142 Å². The molecular weight excluding hydrogens is 380 g/mol. The second-order valence-corrected chi connectivity index (χ2v) is 9.25. The van der Waals surface area contributed by atoms with Crippen LogP contribution >= 0.6 is 0 Å². The summed E-state index contributed by atoms with van der Waals surface area (Å²) in [6.07, 6.45) is 28.0. The number of carbonyl (C=O) groups is 1. The van der Waals surface area contributed by atoms with E-state index in [0.717, 1.165) is 12.8 Å². The minimum Gasteiger partial charge on any atom is -0.427 e. The Balaban J connectivity index is 1.71. The third kappa shape index (κ3) is 19.1. The Labute approximate surface area is 193 Å². The number of unbranched alkanes of at least 4 members (excludes halogenated alkanes) is 19. The first kappa shape index (κ1) is 27.7. The lowest BCUT2D eigenvalue weighted by Gasteiger charge is -2.05. The molecule has 1 aromatic carbocycles. The summed E-state index contributed by atoms with van der Waals surface area (Å²) in [5, 5.41) is 0. The third-order valence-electron chi connectivity index (χ3n) is 6.21. The lowest BCUT2D eigenvalue weighted by molar-refractivity contribution is -0.134. The van der Waals surface area contributed by atoms with E-state index in [-0.39, 0.29) is 5.97 Å². The molecule has 0 heterocycles. The highest BCUT2D eigenvalue weighted by atomic mass is 16.5. The topological polar surface area (TPSA) is 26.3 Å². The first-order valence-corrected chi connectivity index (χ1v) is 13.6. The van der Waals surface area contributed by atoms with Gasteiger partial charge in [0.05, 0.1) is 0 Å². The molecule has 0 fully saturated rings. The molecule has 0 spiro atoms. The van der Waals surface area contributed by atoms with E-state index in [0.29, 0.717) is 12.2 Å². The number of esters is 1. The van der Waals surface area contributed by atoms with Gasteiger partial charge in [0.2, 0.25) is 0 Å². The average molecular weight is 431 g/mol. The van der Waals surface area contributed by atoms with E-state index in [1.165, 1.54) is 116 Å². The zero-order chi connectivity index (χ0) is 22.2. The minimum absolute atomic E-state index is 0.103. The van der Waals surface area contributed by atoms with Gasteiger partial charge in [0, 0.05) is 6.42 Å². The van der Waals surface area contributed by atoms with Crippen LogP contribution in [0.15, 0.2) is 30.3 Å². The van der Waals surface area contributed by atoms with Gasteiger partial charge in [0.25, 0.3) is 0 Å². The van der Waals surface area contributed by atoms with Crippen molar-refractivity contribution in [3.05, 3.63) is 30.3 Å². The molecule has 0 aliphatic rings. The molecule has 0 unspecified atom stereocenters. The van der Waals surface area contributed by atoms with Gasteiger partial charge in [-0.3, -0.25) is 4.79 Å². The summed E-state index contributed by atoms with van der Waals surface area (Å²) in [6.45, 7) is 2.29. The first-order valence-electron chi connectivity index (χ1n) is 13.6. The molecule has 0 saturated carbocycles. The number of carbonyl (C=O) groups excluding carboxylic acids is 1. The maximum atomic E-state index is 11.8. The SMILES string of the molecule is CCCCCCCCCCCCCCCCCCCCCCC(=O)Oc1ccccc1. The molecule has 0 aliphatic heterocycles. The summed E-state index contributed by atoms with van der Waals surface area (Å²) < 4.78 is 5.32. The van der Waals surface area contributed by atoms with Crippen LogP contribution in [0.2, 0.25) is 0 Å². The van der Waals surface area contributed by atoms with Gasteiger partial charge < -0.3 is 4.74 Å². The number of para-hydroxylation sites is 1. The van der Waals surface area contributed by atoms with E-state index in [1.807, 2.05) is 30.3 Å².